The highest BCUT2D eigenvalue weighted by atomic mass is 28.4. The van der Waals surface area contributed by atoms with Crippen LogP contribution in [0.2, 0.25) is 18.1 Å². The van der Waals surface area contributed by atoms with E-state index in [1.807, 2.05) is 60.7 Å². The lowest BCUT2D eigenvalue weighted by molar-refractivity contribution is -0.152. The van der Waals surface area contributed by atoms with E-state index in [-0.39, 0.29) is 17.9 Å². The minimum absolute atomic E-state index is 0.159. The van der Waals surface area contributed by atoms with Crippen LogP contribution in [0.25, 0.3) is 0 Å². The first-order valence-corrected chi connectivity index (χ1v) is 18.4. The van der Waals surface area contributed by atoms with E-state index in [9.17, 15) is 19.5 Å². The molecule has 9 heteroatoms. The number of hydrogen-bond donors (Lipinski definition) is 3. The zero-order valence-corrected chi connectivity index (χ0v) is 29.3. The van der Waals surface area contributed by atoms with Gasteiger partial charge in [-0.15, -0.1) is 0 Å². The summed E-state index contributed by atoms with van der Waals surface area (Å²) in [5.41, 5.74) is 5.48. The fourth-order valence-electron chi connectivity index (χ4n) is 4.89. The summed E-state index contributed by atoms with van der Waals surface area (Å²) in [7, 11) is -2.48. The summed E-state index contributed by atoms with van der Waals surface area (Å²) < 4.78 is 12.7. The van der Waals surface area contributed by atoms with Crippen LogP contribution in [0.5, 0.6) is 0 Å². The predicted molar refractivity (Wildman–Crippen MR) is 178 cm³/mol. The summed E-state index contributed by atoms with van der Waals surface area (Å²) in [6, 6.07) is 18.7. The second-order valence-corrected chi connectivity index (χ2v) is 19.4. The molecule has 244 valence electrons. The highest BCUT2D eigenvalue weighted by Crippen LogP contribution is 2.39. The standard InChI is InChI=1S/C35H54N2O6Si/c1-24(2)35(36,31(39)40)30(38)27(21-25-17-13-11-14-18-25)23-29(43-44(9,10)34(6,7)8)28(22-26-19-15-12-16-20-26)37-32(41)42-33(3,4)5/h11-20,24,27-29H,21-23,36H2,1-10H3,(H,37,41)(H,39,40). The largest absolute Gasteiger partial charge is 0.480 e. The van der Waals surface area contributed by atoms with Crippen molar-refractivity contribution in [3.63, 3.8) is 0 Å². The first-order valence-electron chi connectivity index (χ1n) is 15.5. The molecule has 0 heterocycles. The van der Waals surface area contributed by atoms with Crippen LogP contribution in [0, 0.1) is 11.8 Å². The number of nitrogens with two attached hydrogens (primary N) is 1. The Balaban J connectivity index is 2.70. The summed E-state index contributed by atoms with van der Waals surface area (Å²) >= 11 is 0. The fourth-order valence-corrected chi connectivity index (χ4v) is 6.26. The molecule has 2 aromatic carbocycles. The summed E-state index contributed by atoms with van der Waals surface area (Å²) in [5, 5.41) is 13.1. The van der Waals surface area contributed by atoms with Gasteiger partial charge in [-0.1, -0.05) is 95.3 Å². The molecule has 1 amide bonds. The average Bonchev–Trinajstić information content (AvgIpc) is 2.90. The minimum atomic E-state index is -2.48. The molecule has 8 nitrogen and oxygen atoms in total. The third kappa shape index (κ3) is 10.3. The smallest absolute Gasteiger partial charge is 0.407 e. The van der Waals surface area contributed by atoms with Gasteiger partial charge < -0.3 is 25.3 Å². The van der Waals surface area contributed by atoms with Gasteiger partial charge in [-0.25, -0.2) is 9.59 Å². The Morgan fingerprint density at radius 3 is 1.75 bits per heavy atom. The molecule has 0 aliphatic carbocycles. The van der Waals surface area contributed by atoms with Crippen LogP contribution in [0.4, 0.5) is 4.79 Å². The van der Waals surface area contributed by atoms with Gasteiger partial charge in [0.15, 0.2) is 19.6 Å². The molecule has 0 aromatic heterocycles. The molecule has 2 aromatic rings. The van der Waals surface area contributed by atoms with Crippen LogP contribution < -0.4 is 11.1 Å². The maximum Gasteiger partial charge on any atom is 0.407 e. The number of ether oxygens (including phenoxy) is 1. The number of rotatable bonds is 14. The molecule has 4 atom stereocenters. The molecule has 2 rings (SSSR count). The van der Waals surface area contributed by atoms with Gasteiger partial charge in [0.25, 0.3) is 0 Å². The predicted octanol–water partition coefficient (Wildman–Crippen LogP) is 6.77. The van der Waals surface area contributed by atoms with E-state index >= 15 is 0 Å². The molecule has 4 N–H and O–H groups in total. The number of benzene rings is 2. The maximum atomic E-state index is 14.3. The van der Waals surface area contributed by atoms with Gasteiger partial charge >= 0.3 is 12.1 Å². The van der Waals surface area contributed by atoms with Gasteiger partial charge in [-0.2, -0.15) is 0 Å². The van der Waals surface area contributed by atoms with E-state index in [1.165, 1.54) is 0 Å². The van der Waals surface area contributed by atoms with E-state index in [0.29, 0.717) is 6.42 Å². The average molecular weight is 627 g/mol. The van der Waals surface area contributed by atoms with E-state index in [4.69, 9.17) is 14.9 Å². The van der Waals surface area contributed by atoms with E-state index in [2.05, 4.69) is 39.2 Å². The number of carboxylic acid groups (broad SMARTS) is 1. The third-order valence-corrected chi connectivity index (χ3v) is 13.1. The molecular formula is C35H54N2O6Si. The molecule has 0 spiro atoms. The number of ketones is 1. The lowest BCUT2D eigenvalue weighted by Gasteiger charge is -2.43. The van der Waals surface area contributed by atoms with E-state index in [0.717, 1.165) is 11.1 Å². The lowest BCUT2D eigenvalue weighted by atomic mass is 9.74. The van der Waals surface area contributed by atoms with Gasteiger partial charge in [0, 0.05) is 5.92 Å². The lowest BCUT2D eigenvalue weighted by Crippen LogP contribution is -2.62. The number of hydrogen-bond acceptors (Lipinski definition) is 6. The molecule has 0 aliphatic heterocycles. The van der Waals surface area contributed by atoms with Crippen molar-refractivity contribution < 1.29 is 28.7 Å². The topological polar surface area (TPSA) is 128 Å². The van der Waals surface area contributed by atoms with Gasteiger partial charge in [-0.3, -0.25) is 4.79 Å². The number of aliphatic carboxylic acids is 1. The van der Waals surface area contributed by atoms with Gasteiger partial charge in [0.2, 0.25) is 0 Å². The first kappa shape index (κ1) is 37.2. The highest BCUT2D eigenvalue weighted by Gasteiger charge is 2.49. The fraction of sp³-hybridized carbons (Fsp3) is 0.571. The van der Waals surface area contributed by atoms with Gasteiger partial charge in [-0.05, 0) is 75.2 Å². The Labute approximate surface area is 265 Å². The quantitative estimate of drug-likeness (QED) is 0.156. The number of carbonyl (C=O) groups excluding carboxylic acids is 2. The van der Waals surface area contributed by atoms with Crippen LogP contribution in [0.1, 0.15) is 72.9 Å². The highest BCUT2D eigenvalue weighted by molar-refractivity contribution is 6.74. The number of alkyl carbamates (subject to hydrolysis) is 1. The van der Waals surface area contributed by atoms with Crippen molar-refractivity contribution in [2.45, 2.75) is 116 Å². The van der Waals surface area contributed by atoms with Crippen molar-refractivity contribution in [2.75, 3.05) is 0 Å². The molecule has 0 saturated carbocycles. The second kappa shape index (κ2) is 14.8. The van der Waals surface area contributed by atoms with Gasteiger partial charge in [0.05, 0.1) is 12.1 Å². The molecule has 44 heavy (non-hydrogen) atoms. The Morgan fingerprint density at radius 2 is 1.34 bits per heavy atom. The molecule has 0 saturated heterocycles. The first-order chi connectivity index (χ1) is 20.2. The Hall–Kier alpha value is -3.01. The minimum Gasteiger partial charge on any atom is -0.480 e. The molecule has 0 radical (unpaired) electrons. The number of nitrogens with one attached hydrogen (secondary N) is 1. The van der Waals surface area contributed by atoms with Crippen molar-refractivity contribution >= 4 is 26.2 Å². The maximum absolute atomic E-state index is 14.3. The Morgan fingerprint density at radius 1 is 0.864 bits per heavy atom. The Bertz CT molecular complexity index is 1240. The Kier molecular flexibility index (Phi) is 12.5. The molecule has 4 unspecified atom stereocenters. The monoisotopic (exact) mass is 626 g/mol. The third-order valence-electron chi connectivity index (χ3n) is 8.59. The number of amides is 1. The van der Waals surface area contributed by atoms with Crippen molar-refractivity contribution in [2.24, 2.45) is 17.6 Å². The molecular weight excluding hydrogens is 572 g/mol. The number of carboxylic acids is 1. The number of Topliss-reactive ketones (excluding diaryl/α,β-unsaturated/α-hetero) is 1. The van der Waals surface area contributed by atoms with Crippen LogP contribution in [0.15, 0.2) is 60.7 Å². The van der Waals surface area contributed by atoms with Crippen LogP contribution in [-0.4, -0.2) is 54.6 Å². The summed E-state index contributed by atoms with van der Waals surface area (Å²) in [6.07, 6.45) is -0.379. The zero-order valence-electron chi connectivity index (χ0n) is 28.3. The normalized spacial score (nSPS) is 16.0. The second-order valence-electron chi connectivity index (χ2n) is 14.7. The summed E-state index contributed by atoms with van der Waals surface area (Å²) in [5.74, 6) is -3.35. The van der Waals surface area contributed by atoms with Crippen LogP contribution >= 0.6 is 0 Å². The van der Waals surface area contributed by atoms with E-state index in [1.54, 1.807) is 34.6 Å². The van der Waals surface area contributed by atoms with Crippen molar-refractivity contribution in [1.29, 1.82) is 0 Å². The van der Waals surface area contributed by atoms with Crippen molar-refractivity contribution in [3.05, 3.63) is 71.8 Å². The van der Waals surface area contributed by atoms with E-state index < -0.39 is 61.3 Å². The molecule has 0 bridgehead atoms. The molecule has 0 fully saturated rings. The number of carbonyl (C=O) groups is 3. The van der Waals surface area contributed by atoms with Crippen LogP contribution in [-0.2, 0) is 31.6 Å². The van der Waals surface area contributed by atoms with Crippen molar-refractivity contribution in [1.82, 2.24) is 5.32 Å². The molecule has 0 aliphatic rings. The summed E-state index contributed by atoms with van der Waals surface area (Å²) in [6.45, 7) is 19.3. The van der Waals surface area contributed by atoms with Crippen molar-refractivity contribution in [3.8, 4) is 0 Å². The zero-order chi connectivity index (χ0) is 33.5. The SMILES string of the molecule is CC(C)C(N)(C(=O)O)C(=O)C(Cc1ccccc1)CC(O[Si](C)(C)C(C)(C)C)C(Cc1ccccc1)NC(=O)OC(C)(C)C. The summed E-state index contributed by atoms with van der Waals surface area (Å²) in [4.78, 5) is 40.0. The van der Waals surface area contributed by atoms with Crippen LogP contribution in [0.3, 0.4) is 0 Å². The van der Waals surface area contributed by atoms with Gasteiger partial charge in [0.1, 0.15) is 5.60 Å².